The predicted molar refractivity (Wildman–Crippen MR) is 91.6 cm³/mol. The molecule has 8 nitrogen and oxygen atoms in total. The molecule has 26 heavy (non-hydrogen) atoms. The van der Waals surface area contributed by atoms with Crippen molar-refractivity contribution in [2.45, 2.75) is 12.8 Å². The molecule has 0 spiro atoms. The van der Waals surface area contributed by atoms with Gasteiger partial charge in [-0.1, -0.05) is 12.1 Å². The molecule has 1 atom stereocenters. The molecule has 0 radical (unpaired) electrons. The minimum absolute atomic E-state index is 0.125. The highest BCUT2D eigenvalue weighted by atomic mass is 32.1. The Morgan fingerprint density at radius 2 is 2.04 bits per heavy atom. The lowest BCUT2D eigenvalue weighted by Gasteiger charge is -2.10. The molecule has 1 aromatic carbocycles. The molecule has 0 aliphatic carbocycles. The minimum Gasteiger partial charge on any atom is -0.481 e. The number of amides is 1. The summed E-state index contributed by atoms with van der Waals surface area (Å²) in [5.41, 5.74) is 6.04. The van der Waals surface area contributed by atoms with Crippen molar-refractivity contribution in [3.05, 3.63) is 45.9 Å². The Morgan fingerprint density at radius 3 is 2.65 bits per heavy atom. The lowest BCUT2D eigenvalue weighted by Crippen LogP contribution is -2.23. The molecule has 0 saturated heterocycles. The van der Waals surface area contributed by atoms with Gasteiger partial charge in [0.25, 0.3) is 5.91 Å². The Hall–Kier alpha value is -3.25. The standard InChI is InChI=1S/C17H15N3O5S/c1-10-9-26-17(20-10)12(6-18)13(21)7-25-15(22)8-24-14-5-3-2-4-11(14)16(19)23/h2-5,9,12H,7-8H2,1H3,(H2,19,23)/t12-/m0/s1. The molecule has 0 saturated carbocycles. The molecule has 1 amide bonds. The topological polar surface area (TPSA) is 132 Å². The third-order valence-corrected chi connectivity index (χ3v) is 4.24. The van der Waals surface area contributed by atoms with Crippen LogP contribution < -0.4 is 10.5 Å². The van der Waals surface area contributed by atoms with Gasteiger partial charge in [-0.15, -0.1) is 11.3 Å². The Morgan fingerprint density at radius 1 is 1.31 bits per heavy atom. The third kappa shape index (κ3) is 4.87. The van der Waals surface area contributed by atoms with Crippen LogP contribution in [0, 0.1) is 18.3 Å². The molecule has 1 heterocycles. The first kappa shape index (κ1) is 19.1. The van der Waals surface area contributed by atoms with E-state index in [2.05, 4.69) is 4.98 Å². The Bertz CT molecular complexity index is 871. The molecule has 134 valence electrons. The van der Waals surface area contributed by atoms with E-state index in [0.717, 1.165) is 0 Å². The summed E-state index contributed by atoms with van der Waals surface area (Å²) in [4.78, 5) is 39.2. The molecule has 9 heteroatoms. The number of esters is 1. The molecule has 0 aliphatic rings. The molecular weight excluding hydrogens is 358 g/mol. The average molecular weight is 373 g/mol. The van der Waals surface area contributed by atoms with Crippen molar-refractivity contribution in [3.63, 3.8) is 0 Å². The number of nitriles is 1. The molecule has 0 aliphatic heterocycles. The lowest BCUT2D eigenvalue weighted by molar-refractivity contribution is -0.150. The second-order valence-electron chi connectivity index (χ2n) is 5.17. The normalized spacial score (nSPS) is 11.2. The van der Waals surface area contributed by atoms with E-state index in [0.29, 0.717) is 10.7 Å². The number of ketones is 1. The zero-order valence-electron chi connectivity index (χ0n) is 13.8. The smallest absolute Gasteiger partial charge is 0.344 e. The summed E-state index contributed by atoms with van der Waals surface area (Å²) < 4.78 is 10.0. The molecule has 0 fully saturated rings. The first-order chi connectivity index (χ1) is 12.4. The number of benzene rings is 1. The van der Waals surface area contributed by atoms with Gasteiger partial charge in [0.2, 0.25) is 0 Å². The van der Waals surface area contributed by atoms with Gasteiger partial charge in [-0.25, -0.2) is 9.78 Å². The lowest BCUT2D eigenvalue weighted by atomic mass is 10.1. The van der Waals surface area contributed by atoms with E-state index in [1.807, 2.05) is 6.07 Å². The molecule has 2 N–H and O–H groups in total. The molecule has 0 unspecified atom stereocenters. The van der Waals surface area contributed by atoms with Crippen LogP contribution in [0.2, 0.25) is 0 Å². The van der Waals surface area contributed by atoms with Gasteiger partial charge < -0.3 is 15.2 Å². The highest BCUT2D eigenvalue weighted by molar-refractivity contribution is 7.09. The Balaban J connectivity index is 1.88. The van der Waals surface area contributed by atoms with Crippen LogP contribution in [0.5, 0.6) is 5.75 Å². The maximum absolute atomic E-state index is 12.1. The van der Waals surface area contributed by atoms with Gasteiger partial charge in [0.15, 0.2) is 24.9 Å². The van der Waals surface area contributed by atoms with E-state index >= 15 is 0 Å². The second-order valence-corrected chi connectivity index (χ2v) is 6.05. The number of carbonyl (C=O) groups excluding carboxylic acids is 3. The van der Waals surface area contributed by atoms with Crippen molar-refractivity contribution < 1.29 is 23.9 Å². The number of primary amides is 1. The second kappa shape index (κ2) is 8.73. The molecule has 0 bridgehead atoms. The third-order valence-electron chi connectivity index (χ3n) is 3.21. The summed E-state index contributed by atoms with van der Waals surface area (Å²) in [6.07, 6.45) is 0. The van der Waals surface area contributed by atoms with Crippen LogP contribution in [0.15, 0.2) is 29.6 Å². The number of para-hydroxylation sites is 1. The fourth-order valence-corrected chi connectivity index (χ4v) is 2.84. The highest BCUT2D eigenvalue weighted by Crippen LogP contribution is 2.21. The number of hydrogen-bond donors (Lipinski definition) is 1. The Kier molecular flexibility index (Phi) is 6.41. The first-order valence-corrected chi connectivity index (χ1v) is 8.32. The zero-order valence-corrected chi connectivity index (χ0v) is 14.6. The summed E-state index contributed by atoms with van der Waals surface area (Å²) in [6, 6.07) is 8.02. The van der Waals surface area contributed by atoms with Gasteiger partial charge in [0, 0.05) is 11.1 Å². The van der Waals surface area contributed by atoms with Crippen LogP contribution in [0.1, 0.15) is 27.0 Å². The molecule has 2 rings (SSSR count). The number of rotatable bonds is 8. The quantitative estimate of drug-likeness (QED) is 0.691. The van der Waals surface area contributed by atoms with Crippen LogP contribution in [0.25, 0.3) is 0 Å². The van der Waals surface area contributed by atoms with E-state index in [1.54, 1.807) is 24.4 Å². The molecular formula is C17H15N3O5S. The van der Waals surface area contributed by atoms with Crippen molar-refractivity contribution >= 4 is 29.0 Å². The van der Waals surface area contributed by atoms with E-state index in [1.165, 1.54) is 23.5 Å². The molecule has 2 aromatic rings. The number of aryl methyl sites for hydroxylation is 1. The number of hydrogen-bond acceptors (Lipinski definition) is 8. The molecule has 1 aromatic heterocycles. The van der Waals surface area contributed by atoms with E-state index in [9.17, 15) is 14.4 Å². The summed E-state index contributed by atoms with van der Waals surface area (Å²) >= 11 is 1.19. The number of Topliss-reactive ketones (excluding diaryl/α,β-unsaturated/α-hetero) is 1. The van der Waals surface area contributed by atoms with Crippen LogP contribution >= 0.6 is 11.3 Å². The number of ether oxygens (including phenoxy) is 2. The average Bonchev–Trinajstić information content (AvgIpc) is 3.05. The van der Waals surface area contributed by atoms with Crippen molar-refractivity contribution in [1.82, 2.24) is 4.98 Å². The van der Waals surface area contributed by atoms with Crippen LogP contribution in [-0.4, -0.2) is 35.9 Å². The first-order valence-electron chi connectivity index (χ1n) is 7.44. The summed E-state index contributed by atoms with van der Waals surface area (Å²) in [6.45, 7) is 0.669. The van der Waals surface area contributed by atoms with Gasteiger partial charge in [0.1, 0.15) is 10.8 Å². The largest absolute Gasteiger partial charge is 0.481 e. The maximum atomic E-state index is 12.1. The van der Waals surface area contributed by atoms with Crippen molar-refractivity contribution in [1.29, 1.82) is 5.26 Å². The van der Waals surface area contributed by atoms with E-state index in [-0.39, 0.29) is 11.3 Å². The summed E-state index contributed by atoms with van der Waals surface area (Å²) in [7, 11) is 0. The monoisotopic (exact) mass is 373 g/mol. The number of aromatic nitrogens is 1. The van der Waals surface area contributed by atoms with Crippen LogP contribution in [0.4, 0.5) is 0 Å². The Labute approximate surface area is 153 Å². The van der Waals surface area contributed by atoms with Gasteiger partial charge in [0.05, 0.1) is 11.6 Å². The number of carbonyl (C=O) groups is 3. The van der Waals surface area contributed by atoms with Gasteiger partial charge in [-0.05, 0) is 19.1 Å². The SMILES string of the molecule is Cc1csc([C@@H](C#N)C(=O)COC(=O)COc2ccccc2C(N)=O)n1. The van der Waals surface area contributed by atoms with Crippen molar-refractivity contribution in [2.75, 3.05) is 13.2 Å². The number of nitrogens with two attached hydrogens (primary N) is 1. The van der Waals surface area contributed by atoms with Crippen molar-refractivity contribution in [3.8, 4) is 11.8 Å². The van der Waals surface area contributed by atoms with Crippen LogP contribution in [0.3, 0.4) is 0 Å². The van der Waals surface area contributed by atoms with E-state index in [4.69, 9.17) is 20.5 Å². The highest BCUT2D eigenvalue weighted by Gasteiger charge is 2.24. The summed E-state index contributed by atoms with van der Waals surface area (Å²) in [5, 5.41) is 11.2. The van der Waals surface area contributed by atoms with Crippen molar-refractivity contribution in [2.24, 2.45) is 5.73 Å². The predicted octanol–water partition coefficient (Wildman–Crippen LogP) is 1.35. The maximum Gasteiger partial charge on any atom is 0.344 e. The van der Waals surface area contributed by atoms with Gasteiger partial charge in [-0.2, -0.15) is 5.26 Å². The number of thiazole rings is 1. The fourth-order valence-electron chi connectivity index (χ4n) is 1.98. The zero-order chi connectivity index (χ0) is 19.1. The van der Waals surface area contributed by atoms with E-state index < -0.39 is 36.8 Å². The summed E-state index contributed by atoms with van der Waals surface area (Å²) in [5.74, 6) is -3.04. The number of nitrogens with zero attached hydrogens (tertiary/aromatic N) is 2. The van der Waals surface area contributed by atoms with Gasteiger partial charge >= 0.3 is 5.97 Å². The van der Waals surface area contributed by atoms with Crippen LogP contribution in [-0.2, 0) is 14.3 Å². The fraction of sp³-hybridized carbons (Fsp3) is 0.235. The van der Waals surface area contributed by atoms with Gasteiger partial charge in [-0.3, -0.25) is 9.59 Å². The minimum atomic E-state index is -1.09.